The molecular formula is C20H13Br2F9O2. The molecule has 2 aromatic rings. The Morgan fingerprint density at radius 1 is 0.667 bits per heavy atom. The second-order valence-corrected chi connectivity index (χ2v) is 9.28. The lowest BCUT2D eigenvalue weighted by Gasteiger charge is -2.38. The highest BCUT2D eigenvalue weighted by Crippen LogP contribution is 2.56. The molecule has 0 aliphatic carbocycles. The van der Waals surface area contributed by atoms with E-state index in [2.05, 4.69) is 36.6 Å². The third-order valence-corrected chi connectivity index (χ3v) is 4.96. The summed E-state index contributed by atoms with van der Waals surface area (Å²) < 4.78 is 131. The number of halogens is 11. The van der Waals surface area contributed by atoms with Crippen molar-refractivity contribution >= 4 is 31.9 Å². The predicted molar refractivity (Wildman–Crippen MR) is 109 cm³/mol. The molecule has 33 heavy (non-hydrogen) atoms. The summed E-state index contributed by atoms with van der Waals surface area (Å²) in [7, 11) is 0. The van der Waals surface area contributed by atoms with E-state index < -0.39 is 47.4 Å². The van der Waals surface area contributed by atoms with Crippen molar-refractivity contribution in [3.63, 3.8) is 0 Å². The maximum absolute atomic E-state index is 14.1. The van der Waals surface area contributed by atoms with Crippen molar-refractivity contribution in [2.75, 3.05) is 13.2 Å². The Morgan fingerprint density at radius 3 is 1.39 bits per heavy atom. The Balaban J connectivity index is 2.52. The molecule has 0 fully saturated rings. The summed E-state index contributed by atoms with van der Waals surface area (Å²) in [6, 6.07) is 5.31. The van der Waals surface area contributed by atoms with Gasteiger partial charge in [-0.1, -0.05) is 24.3 Å². The summed E-state index contributed by atoms with van der Waals surface area (Å²) in [6.07, 6.45) is -14.9. The van der Waals surface area contributed by atoms with Gasteiger partial charge in [0.15, 0.2) is 6.61 Å². The van der Waals surface area contributed by atoms with Crippen LogP contribution in [0.4, 0.5) is 39.5 Å². The first kappa shape index (κ1) is 27.4. The summed E-state index contributed by atoms with van der Waals surface area (Å²) in [4.78, 5) is 0. The molecule has 0 saturated heterocycles. The fourth-order valence-electron chi connectivity index (χ4n) is 2.95. The van der Waals surface area contributed by atoms with E-state index in [1.165, 1.54) is 6.08 Å². The Kier molecular flexibility index (Phi) is 8.42. The molecule has 0 bridgehead atoms. The topological polar surface area (TPSA) is 18.5 Å². The fourth-order valence-corrected chi connectivity index (χ4v) is 3.21. The minimum atomic E-state index is -5.84. The van der Waals surface area contributed by atoms with Gasteiger partial charge in [-0.25, -0.2) is 0 Å². The van der Waals surface area contributed by atoms with Crippen LogP contribution in [0.15, 0.2) is 58.0 Å². The van der Waals surface area contributed by atoms with Crippen molar-refractivity contribution in [1.82, 2.24) is 0 Å². The van der Waals surface area contributed by atoms with Gasteiger partial charge in [0.25, 0.3) is 0 Å². The summed E-state index contributed by atoms with van der Waals surface area (Å²) in [6.45, 7) is -1.77. The highest BCUT2D eigenvalue weighted by atomic mass is 79.9. The van der Waals surface area contributed by atoms with Gasteiger partial charge in [0.2, 0.25) is 5.41 Å². The number of ether oxygens (including phenoxy) is 2. The molecule has 0 radical (unpaired) electrons. The number of rotatable bonds is 7. The lowest BCUT2D eigenvalue weighted by molar-refractivity contribution is -0.288. The van der Waals surface area contributed by atoms with E-state index in [1.807, 2.05) is 0 Å². The molecule has 2 rings (SSSR count). The normalized spacial score (nSPS) is 12.9. The van der Waals surface area contributed by atoms with Crippen molar-refractivity contribution in [2.45, 2.75) is 23.9 Å². The van der Waals surface area contributed by atoms with Crippen molar-refractivity contribution < 1.29 is 49.0 Å². The largest absolute Gasteiger partial charge is 0.489 e. The predicted octanol–water partition coefficient (Wildman–Crippen LogP) is 8.05. The third-order valence-electron chi connectivity index (χ3n) is 4.32. The minimum Gasteiger partial charge on any atom is -0.489 e. The molecule has 2 aromatic carbocycles. The molecule has 0 spiro atoms. The van der Waals surface area contributed by atoms with Crippen LogP contribution in [0.25, 0.3) is 0 Å². The maximum atomic E-state index is 14.1. The highest BCUT2D eigenvalue weighted by molar-refractivity contribution is 9.28. The maximum Gasteiger partial charge on any atom is 0.422 e. The van der Waals surface area contributed by atoms with Gasteiger partial charge in [0, 0.05) is 0 Å². The first-order valence-corrected chi connectivity index (χ1v) is 10.3. The number of benzene rings is 2. The standard InChI is InChI=1S/C20H13Br2F9O2/c21-16(22)9-10-32-14-5-1-12(2-6-14)18(19(26,27)28,20(29,30)31)13-3-7-15(8-4-13)33-11-17(23,24)25/h1-9H,10-11H2. The molecule has 2 nitrogen and oxygen atoms in total. The smallest absolute Gasteiger partial charge is 0.422 e. The Bertz CT molecular complexity index is 930. The van der Waals surface area contributed by atoms with Crippen LogP contribution in [0.1, 0.15) is 11.1 Å². The SMILES string of the molecule is FC(F)(F)COc1ccc(C(c2ccc(OCC=C(Br)Br)cc2)(C(F)(F)F)C(F)(F)F)cc1. The molecule has 182 valence electrons. The van der Waals surface area contributed by atoms with Gasteiger partial charge in [-0.2, -0.15) is 39.5 Å². The van der Waals surface area contributed by atoms with Crippen LogP contribution in [0.2, 0.25) is 0 Å². The van der Waals surface area contributed by atoms with Gasteiger partial charge in [0.1, 0.15) is 18.1 Å². The van der Waals surface area contributed by atoms with Crippen LogP contribution in [-0.2, 0) is 5.41 Å². The average molecular weight is 616 g/mol. The molecule has 0 unspecified atom stereocenters. The minimum absolute atomic E-state index is 0.0189. The summed E-state index contributed by atoms with van der Waals surface area (Å²) in [5.41, 5.74) is -6.82. The molecular weight excluding hydrogens is 603 g/mol. The lowest BCUT2D eigenvalue weighted by Crippen LogP contribution is -2.54. The molecule has 0 saturated carbocycles. The lowest BCUT2D eigenvalue weighted by atomic mass is 9.73. The molecule has 0 amide bonds. The van der Waals surface area contributed by atoms with Gasteiger partial charge < -0.3 is 9.47 Å². The number of hydrogen-bond donors (Lipinski definition) is 0. The van der Waals surface area contributed by atoms with Gasteiger partial charge in [-0.15, -0.1) is 0 Å². The van der Waals surface area contributed by atoms with Crippen molar-refractivity contribution in [2.24, 2.45) is 0 Å². The van der Waals surface area contributed by atoms with E-state index in [4.69, 9.17) is 4.74 Å². The number of hydrogen-bond acceptors (Lipinski definition) is 2. The zero-order valence-corrected chi connectivity index (χ0v) is 19.3. The van der Waals surface area contributed by atoms with Gasteiger partial charge in [0.05, 0.1) is 3.39 Å². The Hall–Kier alpha value is -1.89. The summed E-state index contributed by atoms with van der Waals surface area (Å²) in [5, 5.41) is 0. The zero-order chi connectivity index (χ0) is 25.1. The van der Waals surface area contributed by atoms with E-state index in [0.717, 1.165) is 12.1 Å². The first-order valence-electron chi connectivity index (χ1n) is 8.76. The van der Waals surface area contributed by atoms with E-state index in [9.17, 15) is 39.5 Å². The quantitative estimate of drug-likeness (QED) is 0.294. The monoisotopic (exact) mass is 614 g/mol. The fraction of sp³-hybridized carbons (Fsp3) is 0.300. The third kappa shape index (κ3) is 6.58. The second-order valence-electron chi connectivity index (χ2n) is 6.50. The Labute approximate surface area is 198 Å². The van der Waals surface area contributed by atoms with Gasteiger partial charge >= 0.3 is 18.5 Å². The zero-order valence-electron chi connectivity index (χ0n) is 16.1. The van der Waals surface area contributed by atoms with Crippen LogP contribution >= 0.6 is 31.9 Å². The average Bonchev–Trinajstić information content (AvgIpc) is 2.66. The van der Waals surface area contributed by atoms with Crippen LogP contribution in [-0.4, -0.2) is 31.7 Å². The van der Waals surface area contributed by atoms with E-state index in [0.29, 0.717) is 39.8 Å². The van der Waals surface area contributed by atoms with Gasteiger partial charge in [-0.05, 0) is 73.3 Å². The van der Waals surface area contributed by atoms with Crippen molar-refractivity contribution in [3.05, 3.63) is 69.1 Å². The number of alkyl halides is 9. The van der Waals surface area contributed by atoms with Crippen molar-refractivity contribution in [1.29, 1.82) is 0 Å². The Morgan fingerprint density at radius 2 is 1.06 bits per heavy atom. The van der Waals surface area contributed by atoms with Crippen LogP contribution < -0.4 is 9.47 Å². The van der Waals surface area contributed by atoms with Crippen LogP contribution in [0, 0.1) is 0 Å². The molecule has 13 heteroatoms. The van der Waals surface area contributed by atoms with E-state index >= 15 is 0 Å². The summed E-state index contributed by atoms with van der Waals surface area (Å²) in [5.74, 6) is -0.519. The molecule has 0 aliphatic heterocycles. The molecule has 0 atom stereocenters. The molecule has 0 aromatic heterocycles. The summed E-state index contributed by atoms with van der Waals surface area (Å²) >= 11 is 6.13. The molecule has 0 heterocycles. The van der Waals surface area contributed by atoms with Gasteiger partial charge in [-0.3, -0.25) is 0 Å². The van der Waals surface area contributed by atoms with E-state index in [-0.39, 0.29) is 12.4 Å². The van der Waals surface area contributed by atoms with Crippen LogP contribution in [0.3, 0.4) is 0 Å². The highest BCUT2D eigenvalue weighted by Gasteiger charge is 2.72. The van der Waals surface area contributed by atoms with Crippen LogP contribution in [0.5, 0.6) is 11.5 Å². The second kappa shape index (κ2) is 10.2. The molecule has 0 N–H and O–H groups in total. The molecule has 0 aliphatic rings. The first-order chi connectivity index (χ1) is 15.1. The van der Waals surface area contributed by atoms with Crippen molar-refractivity contribution in [3.8, 4) is 11.5 Å². The van der Waals surface area contributed by atoms with E-state index in [1.54, 1.807) is 0 Å².